The Balaban J connectivity index is 2.14. The summed E-state index contributed by atoms with van der Waals surface area (Å²) in [7, 11) is 0. The highest BCUT2D eigenvalue weighted by Gasteiger charge is 2.22. The third-order valence-electron chi connectivity index (χ3n) is 3.61. The van der Waals surface area contributed by atoms with Crippen LogP contribution in [0.25, 0.3) is 0 Å². The Morgan fingerprint density at radius 3 is 3.00 bits per heavy atom. The SMILES string of the molecule is C#CCN(CC)[C@@H]1CCc2ccc(O)cc2C1. The number of phenols is 1. The van der Waals surface area contributed by atoms with Gasteiger partial charge in [-0.3, -0.25) is 4.90 Å². The molecule has 1 aromatic carbocycles. The van der Waals surface area contributed by atoms with Gasteiger partial charge in [0.15, 0.2) is 0 Å². The van der Waals surface area contributed by atoms with Crippen molar-refractivity contribution in [1.29, 1.82) is 0 Å². The Labute approximate surface area is 103 Å². The van der Waals surface area contributed by atoms with Crippen LogP contribution in [0.15, 0.2) is 18.2 Å². The number of hydrogen-bond acceptors (Lipinski definition) is 2. The van der Waals surface area contributed by atoms with Gasteiger partial charge in [-0.2, -0.15) is 0 Å². The number of aryl methyl sites for hydroxylation is 1. The maximum atomic E-state index is 9.53. The Bertz CT molecular complexity index is 433. The normalized spacial score (nSPS) is 18.8. The molecule has 0 fully saturated rings. The van der Waals surface area contributed by atoms with E-state index >= 15 is 0 Å². The summed E-state index contributed by atoms with van der Waals surface area (Å²) in [5.41, 5.74) is 2.65. The molecule has 0 aromatic heterocycles. The standard InChI is InChI=1S/C15H19NO/c1-3-9-16(4-2)14-7-5-12-6-8-15(17)11-13(12)10-14/h1,6,8,11,14,17H,4-5,7,9-10H2,2H3/t14-/m1/s1. The van der Waals surface area contributed by atoms with Gasteiger partial charge in [-0.15, -0.1) is 6.42 Å². The minimum atomic E-state index is 0.365. The highest BCUT2D eigenvalue weighted by molar-refractivity contribution is 5.37. The first-order chi connectivity index (χ1) is 8.24. The highest BCUT2D eigenvalue weighted by atomic mass is 16.3. The van der Waals surface area contributed by atoms with E-state index in [0.29, 0.717) is 11.8 Å². The molecule has 0 unspecified atom stereocenters. The molecule has 1 N–H and O–H groups in total. The van der Waals surface area contributed by atoms with Gasteiger partial charge in [-0.1, -0.05) is 18.9 Å². The van der Waals surface area contributed by atoms with Gasteiger partial charge in [0.05, 0.1) is 6.54 Å². The average molecular weight is 229 g/mol. The first-order valence-corrected chi connectivity index (χ1v) is 6.23. The highest BCUT2D eigenvalue weighted by Crippen LogP contribution is 2.27. The van der Waals surface area contributed by atoms with Crippen LogP contribution in [0.2, 0.25) is 0 Å². The Morgan fingerprint density at radius 1 is 1.47 bits per heavy atom. The quantitative estimate of drug-likeness (QED) is 0.803. The van der Waals surface area contributed by atoms with Crippen molar-refractivity contribution in [2.75, 3.05) is 13.1 Å². The number of aromatic hydroxyl groups is 1. The van der Waals surface area contributed by atoms with Crippen LogP contribution in [0.4, 0.5) is 0 Å². The van der Waals surface area contributed by atoms with E-state index < -0.39 is 0 Å². The zero-order chi connectivity index (χ0) is 12.3. The van der Waals surface area contributed by atoms with Crippen molar-refractivity contribution in [3.8, 4) is 18.1 Å². The topological polar surface area (TPSA) is 23.5 Å². The predicted octanol–water partition coefficient (Wildman–Crippen LogP) is 2.20. The zero-order valence-corrected chi connectivity index (χ0v) is 10.3. The van der Waals surface area contributed by atoms with Gasteiger partial charge < -0.3 is 5.11 Å². The molecule has 0 amide bonds. The summed E-state index contributed by atoms with van der Waals surface area (Å²) in [4.78, 5) is 2.34. The van der Waals surface area contributed by atoms with Crippen LogP contribution >= 0.6 is 0 Å². The maximum Gasteiger partial charge on any atom is 0.115 e. The van der Waals surface area contributed by atoms with Crippen molar-refractivity contribution in [1.82, 2.24) is 4.90 Å². The summed E-state index contributed by atoms with van der Waals surface area (Å²) < 4.78 is 0. The third-order valence-corrected chi connectivity index (χ3v) is 3.61. The van der Waals surface area contributed by atoms with Crippen LogP contribution in [0.1, 0.15) is 24.5 Å². The van der Waals surface area contributed by atoms with E-state index in [-0.39, 0.29) is 0 Å². The Hall–Kier alpha value is -1.46. The molecular formula is C15H19NO. The van der Waals surface area contributed by atoms with E-state index in [1.165, 1.54) is 11.1 Å². The maximum absolute atomic E-state index is 9.53. The first kappa shape index (κ1) is 12.0. The van der Waals surface area contributed by atoms with Crippen LogP contribution in [0, 0.1) is 12.3 Å². The number of fused-ring (bicyclic) bond motifs is 1. The van der Waals surface area contributed by atoms with Crippen LogP contribution in [0.3, 0.4) is 0 Å². The molecule has 1 atom stereocenters. The lowest BCUT2D eigenvalue weighted by Gasteiger charge is -2.33. The second-order valence-corrected chi connectivity index (χ2v) is 4.62. The molecule has 2 nitrogen and oxygen atoms in total. The molecule has 0 aliphatic heterocycles. The zero-order valence-electron chi connectivity index (χ0n) is 10.3. The average Bonchev–Trinajstić information content (AvgIpc) is 2.35. The minimum Gasteiger partial charge on any atom is -0.508 e. The molecule has 90 valence electrons. The monoisotopic (exact) mass is 229 g/mol. The van der Waals surface area contributed by atoms with Gasteiger partial charge in [0.25, 0.3) is 0 Å². The summed E-state index contributed by atoms with van der Waals surface area (Å²) in [6.07, 6.45) is 8.64. The molecule has 2 heteroatoms. The fourth-order valence-electron chi connectivity index (χ4n) is 2.65. The van der Waals surface area contributed by atoms with Crippen LogP contribution in [0.5, 0.6) is 5.75 Å². The molecule has 0 radical (unpaired) electrons. The van der Waals surface area contributed by atoms with Gasteiger partial charge >= 0.3 is 0 Å². The van der Waals surface area contributed by atoms with Crippen molar-refractivity contribution in [2.45, 2.75) is 32.2 Å². The number of terminal acetylenes is 1. The van der Waals surface area contributed by atoms with Gasteiger partial charge in [0.1, 0.15) is 5.75 Å². The molecule has 0 heterocycles. The smallest absolute Gasteiger partial charge is 0.115 e. The number of hydrogen-bond donors (Lipinski definition) is 1. The van der Waals surface area contributed by atoms with E-state index in [2.05, 4.69) is 17.7 Å². The van der Waals surface area contributed by atoms with E-state index in [9.17, 15) is 5.11 Å². The molecule has 2 rings (SSSR count). The number of rotatable bonds is 3. The summed E-state index contributed by atoms with van der Waals surface area (Å²) in [6, 6.07) is 6.23. The van der Waals surface area contributed by atoms with Crippen molar-refractivity contribution in [2.24, 2.45) is 0 Å². The lowest BCUT2D eigenvalue weighted by molar-refractivity contribution is 0.212. The number of phenolic OH excluding ortho intramolecular Hbond substituents is 1. The number of nitrogens with zero attached hydrogens (tertiary/aromatic N) is 1. The lowest BCUT2D eigenvalue weighted by Crippen LogP contribution is -2.39. The molecule has 1 aliphatic rings. The minimum absolute atomic E-state index is 0.365. The second kappa shape index (κ2) is 5.25. The van der Waals surface area contributed by atoms with Crippen molar-refractivity contribution in [3.05, 3.63) is 29.3 Å². The summed E-state index contributed by atoms with van der Waals surface area (Å²) in [6.45, 7) is 3.85. The van der Waals surface area contributed by atoms with Crippen molar-refractivity contribution >= 4 is 0 Å². The van der Waals surface area contributed by atoms with Crippen molar-refractivity contribution in [3.63, 3.8) is 0 Å². The third kappa shape index (κ3) is 2.62. The Kier molecular flexibility index (Phi) is 3.71. The number of benzene rings is 1. The number of likely N-dealkylation sites (N-methyl/N-ethyl adjacent to an activating group) is 1. The molecule has 1 aliphatic carbocycles. The molecular weight excluding hydrogens is 210 g/mol. The van der Waals surface area contributed by atoms with Crippen LogP contribution in [-0.2, 0) is 12.8 Å². The van der Waals surface area contributed by atoms with E-state index in [1.807, 2.05) is 12.1 Å². The molecule has 17 heavy (non-hydrogen) atoms. The molecule has 1 aromatic rings. The van der Waals surface area contributed by atoms with Gasteiger partial charge in [0, 0.05) is 6.04 Å². The molecule has 0 bridgehead atoms. The first-order valence-electron chi connectivity index (χ1n) is 6.23. The van der Waals surface area contributed by atoms with Gasteiger partial charge in [-0.25, -0.2) is 0 Å². The fraction of sp³-hybridized carbons (Fsp3) is 0.467. The molecule has 0 saturated heterocycles. The van der Waals surface area contributed by atoms with Crippen LogP contribution in [-0.4, -0.2) is 29.1 Å². The van der Waals surface area contributed by atoms with E-state index in [0.717, 1.165) is 32.4 Å². The fourth-order valence-corrected chi connectivity index (χ4v) is 2.65. The lowest BCUT2D eigenvalue weighted by atomic mass is 9.87. The largest absolute Gasteiger partial charge is 0.508 e. The predicted molar refractivity (Wildman–Crippen MR) is 70.0 cm³/mol. The summed E-state index contributed by atoms with van der Waals surface area (Å²) in [5, 5.41) is 9.53. The second-order valence-electron chi connectivity index (χ2n) is 4.62. The molecule has 0 spiro atoms. The van der Waals surface area contributed by atoms with E-state index in [1.54, 1.807) is 6.07 Å². The molecule has 0 saturated carbocycles. The van der Waals surface area contributed by atoms with Crippen molar-refractivity contribution < 1.29 is 5.11 Å². The van der Waals surface area contributed by atoms with Gasteiger partial charge in [0.2, 0.25) is 0 Å². The van der Waals surface area contributed by atoms with Gasteiger partial charge in [-0.05, 0) is 49.1 Å². The summed E-state index contributed by atoms with van der Waals surface area (Å²) >= 11 is 0. The van der Waals surface area contributed by atoms with Crippen LogP contribution < -0.4 is 0 Å². The Morgan fingerprint density at radius 2 is 2.29 bits per heavy atom. The summed E-state index contributed by atoms with van der Waals surface area (Å²) in [5.74, 6) is 3.09. The van der Waals surface area contributed by atoms with E-state index in [4.69, 9.17) is 6.42 Å².